The van der Waals surface area contributed by atoms with Crippen molar-refractivity contribution in [3.63, 3.8) is 0 Å². The van der Waals surface area contributed by atoms with Crippen molar-refractivity contribution in [3.05, 3.63) is 60.4 Å². The number of benzene rings is 1. The molecule has 66 valence electrons. The third-order valence-corrected chi connectivity index (χ3v) is 2.36. The highest BCUT2D eigenvalue weighted by Gasteiger charge is 2.03. The third-order valence-electron chi connectivity index (χ3n) is 2.36. The largest absolute Gasteiger partial charge is 0.347 e. The van der Waals surface area contributed by atoms with Crippen LogP contribution in [-0.2, 0) is 0 Å². The van der Waals surface area contributed by atoms with Gasteiger partial charge in [-0.3, -0.25) is 0 Å². The van der Waals surface area contributed by atoms with Crippen molar-refractivity contribution in [2.24, 2.45) is 0 Å². The molecule has 1 atom stereocenters. The maximum atomic E-state index is 2.20. The van der Waals surface area contributed by atoms with Crippen molar-refractivity contribution >= 4 is 0 Å². The molecular weight excluding hydrogens is 158 g/mol. The second kappa shape index (κ2) is 3.48. The number of rotatable bonds is 2. The van der Waals surface area contributed by atoms with E-state index in [9.17, 15) is 0 Å². The van der Waals surface area contributed by atoms with Crippen molar-refractivity contribution in [1.29, 1.82) is 0 Å². The van der Waals surface area contributed by atoms with Crippen LogP contribution in [0, 0.1) is 0 Å². The van der Waals surface area contributed by atoms with E-state index in [2.05, 4.69) is 60.3 Å². The summed E-state index contributed by atoms with van der Waals surface area (Å²) in [6.45, 7) is 2.20. The van der Waals surface area contributed by atoms with Crippen LogP contribution in [0.25, 0.3) is 0 Å². The van der Waals surface area contributed by atoms with Gasteiger partial charge in [-0.2, -0.15) is 0 Å². The second-order valence-electron chi connectivity index (χ2n) is 3.22. The zero-order valence-electron chi connectivity index (χ0n) is 7.72. The third kappa shape index (κ3) is 1.64. The van der Waals surface area contributed by atoms with Crippen LogP contribution in [0.1, 0.15) is 18.5 Å². The highest BCUT2D eigenvalue weighted by atomic mass is 15.0. The van der Waals surface area contributed by atoms with Gasteiger partial charge in [0.25, 0.3) is 0 Å². The summed E-state index contributed by atoms with van der Waals surface area (Å²) in [7, 11) is 0. The number of hydrogen-bond donors (Lipinski definition) is 0. The second-order valence-corrected chi connectivity index (χ2v) is 3.22. The van der Waals surface area contributed by atoms with Gasteiger partial charge in [0.05, 0.1) is 6.04 Å². The van der Waals surface area contributed by atoms with Gasteiger partial charge in [-0.1, -0.05) is 30.3 Å². The van der Waals surface area contributed by atoms with E-state index in [1.54, 1.807) is 0 Å². The summed E-state index contributed by atoms with van der Waals surface area (Å²) >= 11 is 0. The Kier molecular flexibility index (Phi) is 2.17. The van der Waals surface area contributed by atoms with Crippen LogP contribution < -0.4 is 0 Å². The molecule has 2 rings (SSSR count). The van der Waals surface area contributed by atoms with Crippen molar-refractivity contribution in [2.75, 3.05) is 0 Å². The first kappa shape index (κ1) is 8.11. The van der Waals surface area contributed by atoms with Crippen molar-refractivity contribution < 1.29 is 0 Å². The average Bonchev–Trinajstić information content (AvgIpc) is 2.71. The predicted octanol–water partition coefficient (Wildman–Crippen LogP) is 3.10. The maximum Gasteiger partial charge on any atom is 0.0551 e. The minimum Gasteiger partial charge on any atom is -0.347 e. The summed E-state index contributed by atoms with van der Waals surface area (Å²) in [6.07, 6.45) is 4.19. The lowest BCUT2D eigenvalue weighted by Crippen LogP contribution is -2.03. The fourth-order valence-corrected chi connectivity index (χ4v) is 1.51. The van der Waals surface area contributed by atoms with Crippen LogP contribution in [0.5, 0.6) is 0 Å². The molecule has 1 aromatic heterocycles. The van der Waals surface area contributed by atoms with Crippen LogP contribution in [0.2, 0.25) is 0 Å². The van der Waals surface area contributed by atoms with Gasteiger partial charge in [-0.25, -0.2) is 0 Å². The lowest BCUT2D eigenvalue weighted by atomic mass is 10.1. The van der Waals surface area contributed by atoms with E-state index in [0.717, 1.165) is 0 Å². The molecule has 1 aromatic carbocycles. The zero-order valence-corrected chi connectivity index (χ0v) is 7.72. The average molecular weight is 171 g/mol. The Balaban J connectivity index is 2.29. The van der Waals surface area contributed by atoms with Gasteiger partial charge in [0.2, 0.25) is 0 Å². The van der Waals surface area contributed by atoms with Crippen LogP contribution in [0.3, 0.4) is 0 Å². The number of hydrogen-bond acceptors (Lipinski definition) is 0. The summed E-state index contributed by atoms with van der Waals surface area (Å²) in [5.41, 5.74) is 1.35. The van der Waals surface area contributed by atoms with Gasteiger partial charge < -0.3 is 4.57 Å². The molecule has 0 bridgehead atoms. The van der Waals surface area contributed by atoms with Crippen molar-refractivity contribution in [1.82, 2.24) is 4.57 Å². The van der Waals surface area contributed by atoms with Gasteiger partial charge in [-0.15, -0.1) is 0 Å². The molecule has 0 amide bonds. The Bertz CT molecular complexity index is 348. The Morgan fingerprint density at radius 2 is 1.54 bits per heavy atom. The van der Waals surface area contributed by atoms with E-state index in [0.29, 0.717) is 6.04 Å². The molecule has 1 nitrogen and oxygen atoms in total. The Labute approximate surface area is 78.6 Å². The molecule has 0 aliphatic carbocycles. The van der Waals surface area contributed by atoms with Crippen LogP contribution >= 0.6 is 0 Å². The molecule has 13 heavy (non-hydrogen) atoms. The van der Waals surface area contributed by atoms with E-state index in [1.807, 2.05) is 6.07 Å². The molecular formula is C12H13N. The summed E-state index contributed by atoms with van der Waals surface area (Å²) in [5, 5.41) is 0. The van der Waals surface area contributed by atoms with E-state index in [1.165, 1.54) is 5.56 Å². The smallest absolute Gasteiger partial charge is 0.0551 e. The molecule has 1 unspecified atom stereocenters. The molecule has 2 aromatic rings. The molecule has 0 saturated heterocycles. The fourth-order valence-electron chi connectivity index (χ4n) is 1.51. The summed E-state index contributed by atoms with van der Waals surface area (Å²) < 4.78 is 2.20. The van der Waals surface area contributed by atoms with E-state index in [4.69, 9.17) is 0 Å². The monoisotopic (exact) mass is 171 g/mol. The van der Waals surface area contributed by atoms with E-state index >= 15 is 0 Å². The normalized spacial score (nSPS) is 12.7. The van der Waals surface area contributed by atoms with Gasteiger partial charge in [0.15, 0.2) is 0 Å². The van der Waals surface area contributed by atoms with Gasteiger partial charge in [-0.05, 0) is 24.6 Å². The molecule has 0 aliphatic rings. The highest BCUT2D eigenvalue weighted by molar-refractivity contribution is 5.19. The number of aromatic nitrogens is 1. The first-order chi connectivity index (χ1) is 6.38. The molecule has 0 saturated carbocycles. The first-order valence-corrected chi connectivity index (χ1v) is 4.55. The number of nitrogens with zero attached hydrogens (tertiary/aromatic N) is 1. The van der Waals surface area contributed by atoms with E-state index < -0.39 is 0 Å². The van der Waals surface area contributed by atoms with Crippen LogP contribution in [0.15, 0.2) is 54.9 Å². The molecule has 1 heteroatoms. The van der Waals surface area contributed by atoms with Crippen LogP contribution in [0.4, 0.5) is 0 Å². The first-order valence-electron chi connectivity index (χ1n) is 4.55. The van der Waals surface area contributed by atoms with Crippen molar-refractivity contribution in [3.8, 4) is 0 Å². The molecule has 1 heterocycles. The Morgan fingerprint density at radius 1 is 0.923 bits per heavy atom. The van der Waals surface area contributed by atoms with Gasteiger partial charge in [0, 0.05) is 12.4 Å². The molecule has 0 aliphatic heterocycles. The highest BCUT2D eigenvalue weighted by Crippen LogP contribution is 2.16. The van der Waals surface area contributed by atoms with Gasteiger partial charge in [0.1, 0.15) is 0 Å². The fraction of sp³-hybridized carbons (Fsp3) is 0.167. The zero-order chi connectivity index (χ0) is 9.10. The van der Waals surface area contributed by atoms with E-state index in [-0.39, 0.29) is 0 Å². The standard InChI is InChI=1S/C12H13N/c1-11(13-9-5-6-10-13)12-7-3-2-4-8-12/h2-11H,1H3. The summed E-state index contributed by atoms with van der Waals surface area (Å²) in [6, 6.07) is 15.1. The minimum absolute atomic E-state index is 0.427. The maximum absolute atomic E-state index is 2.20. The molecule has 0 radical (unpaired) electrons. The van der Waals surface area contributed by atoms with Crippen molar-refractivity contribution in [2.45, 2.75) is 13.0 Å². The SMILES string of the molecule is CC(c1ccccc1)n1cccc1. The topological polar surface area (TPSA) is 4.93 Å². The Hall–Kier alpha value is -1.50. The molecule has 0 fully saturated rings. The lowest BCUT2D eigenvalue weighted by molar-refractivity contribution is 0.643. The minimum atomic E-state index is 0.427. The van der Waals surface area contributed by atoms with Gasteiger partial charge >= 0.3 is 0 Å². The summed E-state index contributed by atoms with van der Waals surface area (Å²) in [5.74, 6) is 0. The quantitative estimate of drug-likeness (QED) is 0.654. The molecule has 0 N–H and O–H groups in total. The van der Waals surface area contributed by atoms with Crippen LogP contribution in [-0.4, -0.2) is 4.57 Å². The molecule has 0 spiro atoms. The Morgan fingerprint density at radius 3 is 2.15 bits per heavy atom. The lowest BCUT2D eigenvalue weighted by Gasteiger charge is -2.13. The predicted molar refractivity (Wildman–Crippen MR) is 54.7 cm³/mol. The summed E-state index contributed by atoms with van der Waals surface area (Å²) in [4.78, 5) is 0.